The van der Waals surface area contributed by atoms with Gasteiger partial charge in [-0.2, -0.15) is 0 Å². The Morgan fingerprint density at radius 1 is 1.07 bits per heavy atom. The number of hydrogen-bond acceptors (Lipinski definition) is 4. The average Bonchev–Trinajstić information content (AvgIpc) is 2.02. The molecule has 0 radical (unpaired) electrons. The Hall–Kier alpha value is -0.261. The van der Waals surface area contributed by atoms with E-state index in [1.165, 1.54) is 13.8 Å². The van der Waals surface area contributed by atoms with E-state index in [9.17, 15) is 9.59 Å². The molecule has 0 aromatic heterocycles. The molecule has 14 heavy (non-hydrogen) atoms. The van der Waals surface area contributed by atoms with Crippen LogP contribution in [0.25, 0.3) is 0 Å². The molecular weight excluding hydrogens is 291 g/mol. The number of hydrogen-bond donors (Lipinski definition) is 0. The van der Waals surface area contributed by atoms with Gasteiger partial charge in [0.25, 0.3) is 0 Å². The second-order valence-corrected chi connectivity index (χ2v) is 13.0. The topological polar surface area (TPSA) is 52.6 Å². The van der Waals surface area contributed by atoms with Crippen molar-refractivity contribution in [2.75, 3.05) is 0 Å². The van der Waals surface area contributed by atoms with Crippen LogP contribution in [0, 0.1) is 0 Å². The van der Waals surface area contributed by atoms with Crippen LogP contribution in [0.2, 0.25) is 8.87 Å². The summed E-state index contributed by atoms with van der Waals surface area (Å²) in [7, 11) is 0. The zero-order valence-corrected chi connectivity index (χ0v) is 12.1. The molecule has 0 atom stereocenters. The molecule has 5 heteroatoms. The maximum absolute atomic E-state index is 10.9. The van der Waals surface area contributed by atoms with Gasteiger partial charge in [0.15, 0.2) is 0 Å². The summed E-state index contributed by atoms with van der Waals surface area (Å²) in [6.07, 6.45) is 0.879. The minimum absolute atomic E-state index is 0.336. The molecule has 0 unspecified atom stereocenters. The summed E-state index contributed by atoms with van der Waals surface area (Å²) < 4.78 is 12.0. The molecule has 0 rings (SSSR count). The summed E-state index contributed by atoms with van der Waals surface area (Å²) in [5.41, 5.74) is 0. The molecule has 82 valence electrons. The maximum atomic E-state index is 10.9. The van der Waals surface area contributed by atoms with Gasteiger partial charge in [-0.1, -0.05) is 0 Å². The molecule has 0 aliphatic rings. The Morgan fingerprint density at radius 2 is 1.50 bits per heavy atom. The molecule has 0 aromatic rings. The second kappa shape index (κ2) is 6.27. The Labute approximate surface area is 89.9 Å². The van der Waals surface area contributed by atoms with Gasteiger partial charge < -0.3 is 0 Å². The van der Waals surface area contributed by atoms with Crippen LogP contribution >= 0.6 is 0 Å². The molecule has 0 N–H and O–H groups in total. The Kier molecular flexibility index (Phi) is 6.15. The molecule has 0 aliphatic carbocycles. The first-order valence-corrected chi connectivity index (χ1v) is 11.2. The van der Waals surface area contributed by atoms with E-state index in [-0.39, 0.29) is 11.9 Å². The predicted molar refractivity (Wildman–Crippen MR) is 54.9 cm³/mol. The molecule has 0 bridgehead atoms. The van der Waals surface area contributed by atoms with E-state index in [0.29, 0.717) is 4.44 Å². The van der Waals surface area contributed by atoms with Crippen LogP contribution in [0.1, 0.15) is 34.1 Å². The van der Waals surface area contributed by atoms with E-state index in [1.54, 1.807) is 0 Å². The average molecular weight is 309 g/mol. The summed E-state index contributed by atoms with van der Waals surface area (Å²) in [6.45, 7) is 6.63. The monoisotopic (exact) mass is 310 g/mol. The fourth-order valence-electron chi connectivity index (χ4n) is 1.35. The molecule has 0 amide bonds. The fourth-order valence-corrected chi connectivity index (χ4v) is 9.05. The van der Waals surface area contributed by atoms with E-state index in [2.05, 4.69) is 0 Å². The quantitative estimate of drug-likeness (QED) is 0.729. The van der Waals surface area contributed by atoms with Crippen LogP contribution in [0.5, 0.6) is 0 Å². The van der Waals surface area contributed by atoms with Crippen LogP contribution in [0.4, 0.5) is 0 Å². The molecule has 0 saturated carbocycles. The van der Waals surface area contributed by atoms with Crippen molar-refractivity contribution in [1.29, 1.82) is 0 Å². The van der Waals surface area contributed by atoms with E-state index < -0.39 is 19.2 Å². The Morgan fingerprint density at radius 3 is 1.71 bits per heavy atom. The molecule has 0 heterocycles. The van der Waals surface area contributed by atoms with Crippen LogP contribution in [0.3, 0.4) is 0 Å². The second-order valence-electron chi connectivity index (χ2n) is 3.20. The van der Waals surface area contributed by atoms with Gasteiger partial charge >= 0.3 is 89.9 Å². The zero-order valence-electron chi connectivity index (χ0n) is 9.25. The van der Waals surface area contributed by atoms with Crippen molar-refractivity contribution in [3.8, 4) is 0 Å². The van der Waals surface area contributed by atoms with Gasteiger partial charge in [0.05, 0.1) is 0 Å². The molecule has 0 fully saturated rings. The van der Waals surface area contributed by atoms with Crippen LogP contribution < -0.4 is 0 Å². The van der Waals surface area contributed by atoms with Crippen molar-refractivity contribution in [3.63, 3.8) is 0 Å². The molecule has 0 aromatic carbocycles. The van der Waals surface area contributed by atoms with Gasteiger partial charge in [-0.25, -0.2) is 0 Å². The molecule has 4 nitrogen and oxygen atoms in total. The zero-order chi connectivity index (χ0) is 11.2. The third kappa shape index (κ3) is 4.83. The summed E-state index contributed by atoms with van der Waals surface area (Å²) in [4.78, 5) is 21.8. The van der Waals surface area contributed by atoms with Crippen molar-refractivity contribution >= 4 is 31.1 Å². The number of carbonyl (C=O) groups excluding carboxylic acids is 2. The van der Waals surface area contributed by atoms with Crippen LogP contribution in [-0.2, 0) is 15.7 Å². The van der Waals surface area contributed by atoms with Gasteiger partial charge in [-0.3, -0.25) is 0 Å². The van der Waals surface area contributed by atoms with Crippen LogP contribution in [0.15, 0.2) is 0 Å². The van der Waals surface area contributed by atoms with E-state index in [0.717, 1.165) is 10.9 Å². The van der Waals surface area contributed by atoms with E-state index >= 15 is 0 Å². The molecular formula is C9H18O4Sn. The Bertz CT molecular complexity index is 199. The van der Waals surface area contributed by atoms with E-state index in [4.69, 9.17) is 6.15 Å². The third-order valence-corrected chi connectivity index (χ3v) is 12.3. The molecule has 0 saturated heterocycles. The van der Waals surface area contributed by atoms with Crippen molar-refractivity contribution in [2.24, 2.45) is 0 Å². The molecule has 0 aliphatic heterocycles. The molecule has 0 spiro atoms. The standard InChI is InChI=1S/C3H7.2C2H4O2.C2H5.Sn/c1-3-2;2*1-2(3)4;1-2;/h1,3H2,2H3;2*1H3,(H,3,4);1H2,2H3;/q;;;;+2/p-2. The predicted octanol–water partition coefficient (Wildman–Crippen LogP) is 1.98. The summed E-state index contributed by atoms with van der Waals surface area (Å²) in [5.74, 6) is -0.672. The fraction of sp³-hybridized carbons (Fsp3) is 0.778. The van der Waals surface area contributed by atoms with Crippen molar-refractivity contribution in [1.82, 2.24) is 0 Å². The first kappa shape index (κ1) is 13.7. The normalized spacial score (nSPS) is 10.9. The summed E-state index contributed by atoms with van der Waals surface area (Å²) in [5, 5.41) is 0. The van der Waals surface area contributed by atoms with Crippen LogP contribution in [-0.4, -0.2) is 31.1 Å². The third-order valence-electron chi connectivity index (χ3n) is 1.83. The van der Waals surface area contributed by atoms with E-state index in [1.807, 2.05) is 13.8 Å². The Balaban J connectivity index is 4.58. The summed E-state index contributed by atoms with van der Waals surface area (Å²) >= 11 is -3.38. The van der Waals surface area contributed by atoms with Gasteiger partial charge in [-0.05, 0) is 0 Å². The van der Waals surface area contributed by atoms with Gasteiger partial charge in [0.1, 0.15) is 0 Å². The SMILES string of the molecule is CC[CH2][Sn]([CH2]C)([O]C(C)=O)[O]C(C)=O. The van der Waals surface area contributed by atoms with Gasteiger partial charge in [0, 0.05) is 0 Å². The first-order chi connectivity index (χ1) is 6.45. The minimum atomic E-state index is -3.38. The van der Waals surface area contributed by atoms with Crippen molar-refractivity contribution < 1.29 is 15.7 Å². The first-order valence-electron chi connectivity index (χ1n) is 4.85. The van der Waals surface area contributed by atoms with Crippen molar-refractivity contribution in [2.45, 2.75) is 43.0 Å². The van der Waals surface area contributed by atoms with Gasteiger partial charge in [-0.15, -0.1) is 0 Å². The van der Waals surface area contributed by atoms with Crippen molar-refractivity contribution in [3.05, 3.63) is 0 Å². The van der Waals surface area contributed by atoms with Gasteiger partial charge in [0.2, 0.25) is 0 Å². The number of carbonyl (C=O) groups is 2. The number of rotatable bonds is 5. The summed E-state index contributed by atoms with van der Waals surface area (Å²) in [6, 6.07) is 0.